The lowest BCUT2D eigenvalue weighted by Crippen LogP contribution is -2.14. The monoisotopic (exact) mass is 179 g/mol. The summed E-state index contributed by atoms with van der Waals surface area (Å²) in [7, 11) is 0. The molecule has 0 unspecified atom stereocenters. The molecular formula is C10H17N3. The van der Waals surface area contributed by atoms with Crippen molar-refractivity contribution in [2.45, 2.75) is 32.6 Å². The van der Waals surface area contributed by atoms with Gasteiger partial charge in [0.2, 0.25) is 0 Å². The number of hydrogen-bond acceptors (Lipinski definition) is 3. The highest BCUT2D eigenvalue weighted by atomic mass is 15.1. The fourth-order valence-corrected chi connectivity index (χ4v) is 1.36. The first-order valence-corrected chi connectivity index (χ1v) is 4.78. The third-order valence-corrected chi connectivity index (χ3v) is 2.16. The third-order valence-electron chi connectivity index (χ3n) is 2.16. The number of rotatable bonds is 4. The Hall–Kier alpha value is -0.960. The van der Waals surface area contributed by atoms with E-state index in [0.29, 0.717) is 12.5 Å². The van der Waals surface area contributed by atoms with E-state index in [2.05, 4.69) is 17.1 Å². The van der Waals surface area contributed by atoms with Crippen molar-refractivity contribution in [2.24, 2.45) is 5.73 Å². The van der Waals surface area contributed by atoms with Crippen LogP contribution in [-0.4, -0.2) is 16.7 Å². The van der Waals surface area contributed by atoms with Gasteiger partial charge in [-0.05, 0) is 25.5 Å². The molecule has 0 aromatic carbocycles. The van der Waals surface area contributed by atoms with Crippen LogP contribution in [-0.2, 0) is 0 Å². The van der Waals surface area contributed by atoms with Crippen LogP contribution in [0.1, 0.15) is 37.1 Å². The highest BCUT2D eigenvalue weighted by Crippen LogP contribution is 2.16. The Balaban J connectivity index is 2.73. The molecule has 3 heteroatoms. The topological polar surface area (TPSA) is 51.8 Å². The van der Waals surface area contributed by atoms with Crippen LogP contribution in [0.25, 0.3) is 0 Å². The van der Waals surface area contributed by atoms with Gasteiger partial charge in [0.15, 0.2) is 0 Å². The lowest BCUT2D eigenvalue weighted by Gasteiger charge is -2.11. The van der Waals surface area contributed by atoms with E-state index < -0.39 is 0 Å². The number of aryl methyl sites for hydroxylation is 1. The molecule has 0 fully saturated rings. The highest BCUT2D eigenvalue weighted by molar-refractivity contribution is 5.10. The molecule has 0 saturated carbocycles. The van der Waals surface area contributed by atoms with Crippen LogP contribution in [0.2, 0.25) is 0 Å². The summed E-state index contributed by atoms with van der Waals surface area (Å²) in [6, 6.07) is 4.01. The van der Waals surface area contributed by atoms with E-state index >= 15 is 0 Å². The van der Waals surface area contributed by atoms with Gasteiger partial charge in [0.1, 0.15) is 0 Å². The molecule has 1 atom stereocenters. The fraction of sp³-hybridized carbons (Fsp3) is 0.600. The van der Waals surface area contributed by atoms with E-state index in [1.807, 2.05) is 19.1 Å². The normalized spacial score (nSPS) is 12.8. The molecule has 0 radical (unpaired) electrons. The first-order valence-electron chi connectivity index (χ1n) is 4.78. The van der Waals surface area contributed by atoms with E-state index in [-0.39, 0.29) is 0 Å². The number of aromatic nitrogens is 2. The average molecular weight is 179 g/mol. The van der Waals surface area contributed by atoms with E-state index in [4.69, 9.17) is 5.73 Å². The Labute approximate surface area is 79.4 Å². The summed E-state index contributed by atoms with van der Waals surface area (Å²) >= 11 is 0. The number of hydrogen-bond donors (Lipinski definition) is 1. The minimum atomic E-state index is 0.373. The Kier molecular flexibility index (Phi) is 3.83. The molecule has 1 rings (SSSR count). The smallest absolute Gasteiger partial charge is 0.0674 e. The summed E-state index contributed by atoms with van der Waals surface area (Å²) in [5, 5.41) is 8.16. The zero-order valence-corrected chi connectivity index (χ0v) is 8.33. The van der Waals surface area contributed by atoms with E-state index in [1.165, 1.54) is 0 Å². The Morgan fingerprint density at radius 3 is 2.62 bits per heavy atom. The zero-order chi connectivity index (χ0) is 9.68. The summed E-state index contributed by atoms with van der Waals surface area (Å²) in [5.41, 5.74) is 7.64. The van der Waals surface area contributed by atoms with Gasteiger partial charge >= 0.3 is 0 Å². The van der Waals surface area contributed by atoms with Crippen molar-refractivity contribution in [2.75, 3.05) is 6.54 Å². The number of nitrogens with two attached hydrogens (primary N) is 1. The predicted octanol–water partition coefficient (Wildman–Crippen LogP) is 1.63. The standard InChI is InChI=1S/C10H17N3/c1-3-4-9(7-11)10-6-5-8(2)12-13-10/h5-6,9H,3-4,7,11H2,1-2H3/t9-/m1/s1. The van der Waals surface area contributed by atoms with Crippen molar-refractivity contribution in [3.8, 4) is 0 Å². The molecule has 0 aliphatic heterocycles. The zero-order valence-electron chi connectivity index (χ0n) is 8.33. The molecule has 0 saturated heterocycles. The van der Waals surface area contributed by atoms with Gasteiger partial charge in [-0.3, -0.25) is 0 Å². The van der Waals surface area contributed by atoms with Crippen LogP contribution in [0, 0.1) is 6.92 Å². The van der Waals surface area contributed by atoms with Gasteiger partial charge in [-0.15, -0.1) is 0 Å². The lowest BCUT2D eigenvalue weighted by molar-refractivity contribution is 0.597. The highest BCUT2D eigenvalue weighted by Gasteiger charge is 2.09. The molecular weight excluding hydrogens is 162 g/mol. The van der Waals surface area contributed by atoms with Crippen LogP contribution >= 0.6 is 0 Å². The van der Waals surface area contributed by atoms with Crippen LogP contribution in [0.3, 0.4) is 0 Å². The fourth-order valence-electron chi connectivity index (χ4n) is 1.36. The van der Waals surface area contributed by atoms with Gasteiger partial charge in [-0.1, -0.05) is 13.3 Å². The van der Waals surface area contributed by atoms with Crippen LogP contribution in [0.5, 0.6) is 0 Å². The third kappa shape index (κ3) is 2.77. The maximum atomic E-state index is 5.66. The quantitative estimate of drug-likeness (QED) is 0.764. The predicted molar refractivity (Wildman–Crippen MR) is 53.5 cm³/mol. The minimum absolute atomic E-state index is 0.373. The maximum Gasteiger partial charge on any atom is 0.0674 e. The van der Waals surface area contributed by atoms with E-state index in [1.54, 1.807) is 0 Å². The summed E-state index contributed by atoms with van der Waals surface area (Å²) in [6.07, 6.45) is 2.23. The molecule has 2 N–H and O–H groups in total. The van der Waals surface area contributed by atoms with Gasteiger partial charge < -0.3 is 5.73 Å². The molecule has 1 aromatic rings. The first kappa shape index (κ1) is 10.1. The van der Waals surface area contributed by atoms with Crippen molar-refractivity contribution in [3.63, 3.8) is 0 Å². The molecule has 0 bridgehead atoms. The molecule has 1 heterocycles. The number of nitrogens with zero attached hydrogens (tertiary/aromatic N) is 2. The van der Waals surface area contributed by atoms with Crippen molar-refractivity contribution in [1.29, 1.82) is 0 Å². The SMILES string of the molecule is CCC[C@H](CN)c1ccc(C)nn1. The maximum absolute atomic E-state index is 5.66. The van der Waals surface area contributed by atoms with Gasteiger partial charge in [0.25, 0.3) is 0 Å². The minimum Gasteiger partial charge on any atom is -0.330 e. The molecule has 1 aromatic heterocycles. The Bertz CT molecular complexity index is 243. The van der Waals surface area contributed by atoms with Gasteiger partial charge in [-0.25, -0.2) is 0 Å². The van der Waals surface area contributed by atoms with Crippen molar-refractivity contribution >= 4 is 0 Å². The summed E-state index contributed by atoms with van der Waals surface area (Å²) in [4.78, 5) is 0. The lowest BCUT2D eigenvalue weighted by atomic mass is 10.00. The first-order chi connectivity index (χ1) is 6.27. The molecule has 0 spiro atoms. The van der Waals surface area contributed by atoms with Crippen molar-refractivity contribution in [3.05, 3.63) is 23.5 Å². The average Bonchev–Trinajstić information content (AvgIpc) is 2.16. The van der Waals surface area contributed by atoms with Gasteiger partial charge in [-0.2, -0.15) is 10.2 Å². The van der Waals surface area contributed by atoms with Gasteiger partial charge in [0, 0.05) is 12.5 Å². The van der Waals surface area contributed by atoms with Gasteiger partial charge in [0.05, 0.1) is 11.4 Å². The summed E-state index contributed by atoms with van der Waals surface area (Å²) in [6.45, 7) is 4.75. The van der Waals surface area contributed by atoms with Crippen molar-refractivity contribution < 1.29 is 0 Å². The molecule has 0 aliphatic carbocycles. The second-order valence-corrected chi connectivity index (χ2v) is 3.32. The second kappa shape index (κ2) is 4.92. The van der Waals surface area contributed by atoms with E-state index in [9.17, 15) is 0 Å². The molecule has 0 aliphatic rings. The van der Waals surface area contributed by atoms with E-state index in [0.717, 1.165) is 24.2 Å². The molecule has 3 nitrogen and oxygen atoms in total. The summed E-state index contributed by atoms with van der Waals surface area (Å²) < 4.78 is 0. The summed E-state index contributed by atoms with van der Waals surface area (Å²) in [5.74, 6) is 0.373. The molecule has 72 valence electrons. The van der Waals surface area contributed by atoms with Crippen molar-refractivity contribution in [1.82, 2.24) is 10.2 Å². The van der Waals surface area contributed by atoms with Crippen LogP contribution in [0.15, 0.2) is 12.1 Å². The molecule has 13 heavy (non-hydrogen) atoms. The Morgan fingerprint density at radius 1 is 1.38 bits per heavy atom. The van der Waals surface area contributed by atoms with Crippen LogP contribution < -0.4 is 5.73 Å². The molecule has 0 amide bonds. The Morgan fingerprint density at radius 2 is 2.15 bits per heavy atom. The largest absolute Gasteiger partial charge is 0.330 e. The van der Waals surface area contributed by atoms with Crippen LogP contribution in [0.4, 0.5) is 0 Å². The second-order valence-electron chi connectivity index (χ2n) is 3.32.